The van der Waals surface area contributed by atoms with Crippen molar-refractivity contribution in [2.24, 2.45) is 0 Å². The summed E-state index contributed by atoms with van der Waals surface area (Å²) in [6, 6.07) is 4.05. The SMILES string of the molecule is Brc1cc2c(cc1C[C@H]1CCCCO1)OCO2. The Bertz CT molecular complexity index is 413. The van der Waals surface area contributed by atoms with Crippen molar-refractivity contribution >= 4 is 15.9 Å². The third-order valence-electron chi connectivity index (χ3n) is 3.26. The summed E-state index contributed by atoms with van der Waals surface area (Å²) in [5.74, 6) is 1.67. The number of halogens is 1. The maximum absolute atomic E-state index is 5.76. The molecule has 1 aromatic rings. The Morgan fingerprint density at radius 3 is 2.76 bits per heavy atom. The Morgan fingerprint density at radius 1 is 1.18 bits per heavy atom. The van der Waals surface area contributed by atoms with E-state index in [1.54, 1.807) is 0 Å². The fraction of sp³-hybridized carbons (Fsp3) is 0.538. The van der Waals surface area contributed by atoms with E-state index >= 15 is 0 Å². The van der Waals surface area contributed by atoms with Crippen molar-refractivity contribution in [3.8, 4) is 11.5 Å². The van der Waals surface area contributed by atoms with E-state index in [1.807, 2.05) is 6.07 Å². The predicted molar refractivity (Wildman–Crippen MR) is 67.6 cm³/mol. The Morgan fingerprint density at radius 2 is 2.00 bits per heavy atom. The van der Waals surface area contributed by atoms with Gasteiger partial charge in [-0.1, -0.05) is 15.9 Å². The maximum atomic E-state index is 5.76. The smallest absolute Gasteiger partial charge is 0.231 e. The first-order valence-corrected chi connectivity index (χ1v) is 6.82. The average Bonchev–Trinajstić information content (AvgIpc) is 2.78. The van der Waals surface area contributed by atoms with Crippen LogP contribution in [-0.4, -0.2) is 19.5 Å². The van der Waals surface area contributed by atoms with Crippen LogP contribution in [0.4, 0.5) is 0 Å². The molecule has 3 rings (SSSR count). The first-order valence-electron chi connectivity index (χ1n) is 6.02. The van der Waals surface area contributed by atoms with Gasteiger partial charge in [-0.05, 0) is 43.4 Å². The molecule has 0 amide bonds. The second-order valence-electron chi connectivity index (χ2n) is 4.49. The third kappa shape index (κ3) is 2.43. The molecule has 1 saturated heterocycles. The highest BCUT2D eigenvalue weighted by Crippen LogP contribution is 2.37. The molecular formula is C13H15BrO3. The van der Waals surface area contributed by atoms with Gasteiger partial charge in [-0.25, -0.2) is 0 Å². The highest BCUT2D eigenvalue weighted by molar-refractivity contribution is 9.10. The largest absolute Gasteiger partial charge is 0.454 e. The summed E-state index contributed by atoms with van der Waals surface area (Å²) in [7, 11) is 0. The van der Waals surface area contributed by atoms with Gasteiger partial charge in [0.25, 0.3) is 0 Å². The van der Waals surface area contributed by atoms with Gasteiger partial charge in [0.05, 0.1) is 6.10 Å². The molecule has 2 aliphatic heterocycles. The van der Waals surface area contributed by atoms with E-state index in [4.69, 9.17) is 14.2 Å². The van der Waals surface area contributed by atoms with Crippen LogP contribution in [0.25, 0.3) is 0 Å². The normalized spacial score (nSPS) is 22.8. The first-order chi connectivity index (χ1) is 8.33. The summed E-state index contributed by atoms with van der Waals surface area (Å²) in [4.78, 5) is 0. The Balaban J connectivity index is 1.78. The van der Waals surface area contributed by atoms with Crippen molar-refractivity contribution in [1.29, 1.82) is 0 Å². The standard InChI is InChI=1S/C13H15BrO3/c14-11-7-13-12(16-8-17-13)6-9(11)5-10-3-1-2-4-15-10/h6-7,10H,1-5,8H2/t10-/m1/s1. The molecule has 0 N–H and O–H groups in total. The van der Waals surface area contributed by atoms with Crippen LogP contribution in [0.5, 0.6) is 11.5 Å². The summed E-state index contributed by atoms with van der Waals surface area (Å²) in [6.45, 7) is 1.22. The second kappa shape index (κ2) is 4.86. The molecule has 0 spiro atoms. The fourth-order valence-electron chi connectivity index (χ4n) is 2.33. The van der Waals surface area contributed by atoms with E-state index in [0.717, 1.165) is 35.4 Å². The second-order valence-corrected chi connectivity index (χ2v) is 5.34. The van der Waals surface area contributed by atoms with Crippen molar-refractivity contribution in [2.75, 3.05) is 13.4 Å². The molecule has 4 heteroatoms. The monoisotopic (exact) mass is 298 g/mol. The summed E-state index contributed by atoms with van der Waals surface area (Å²) in [5.41, 5.74) is 1.24. The Labute approximate surface area is 109 Å². The van der Waals surface area contributed by atoms with Gasteiger partial charge in [-0.2, -0.15) is 0 Å². The molecule has 0 saturated carbocycles. The summed E-state index contributed by atoms with van der Waals surface area (Å²) in [5, 5.41) is 0. The van der Waals surface area contributed by atoms with E-state index in [1.165, 1.54) is 18.4 Å². The van der Waals surface area contributed by atoms with Gasteiger partial charge in [0.1, 0.15) is 0 Å². The van der Waals surface area contributed by atoms with Crippen LogP contribution < -0.4 is 9.47 Å². The molecule has 1 aromatic carbocycles. The molecule has 3 nitrogen and oxygen atoms in total. The summed E-state index contributed by atoms with van der Waals surface area (Å²) in [6.07, 6.45) is 4.91. The van der Waals surface area contributed by atoms with Crippen molar-refractivity contribution in [3.63, 3.8) is 0 Å². The van der Waals surface area contributed by atoms with Gasteiger partial charge < -0.3 is 14.2 Å². The molecule has 1 atom stereocenters. The lowest BCUT2D eigenvalue weighted by molar-refractivity contribution is 0.0167. The topological polar surface area (TPSA) is 27.7 Å². The van der Waals surface area contributed by atoms with Crippen LogP contribution in [0, 0.1) is 0 Å². The molecular weight excluding hydrogens is 284 g/mol. The maximum Gasteiger partial charge on any atom is 0.231 e. The van der Waals surface area contributed by atoms with Crippen LogP contribution in [0.2, 0.25) is 0 Å². The van der Waals surface area contributed by atoms with E-state index < -0.39 is 0 Å². The van der Waals surface area contributed by atoms with E-state index in [-0.39, 0.29) is 0 Å². The first kappa shape index (κ1) is 11.4. The van der Waals surface area contributed by atoms with Gasteiger partial charge >= 0.3 is 0 Å². The number of hydrogen-bond donors (Lipinski definition) is 0. The average molecular weight is 299 g/mol. The predicted octanol–water partition coefficient (Wildman–Crippen LogP) is 3.29. The molecule has 0 bridgehead atoms. The van der Waals surface area contributed by atoms with E-state index in [0.29, 0.717) is 12.9 Å². The van der Waals surface area contributed by atoms with Crippen LogP contribution in [-0.2, 0) is 11.2 Å². The fourth-order valence-corrected chi connectivity index (χ4v) is 2.81. The van der Waals surface area contributed by atoms with Crippen molar-refractivity contribution in [1.82, 2.24) is 0 Å². The lowest BCUT2D eigenvalue weighted by atomic mass is 10.0. The molecule has 0 radical (unpaired) electrons. The quantitative estimate of drug-likeness (QED) is 0.838. The van der Waals surface area contributed by atoms with Crippen LogP contribution in [0.15, 0.2) is 16.6 Å². The van der Waals surface area contributed by atoms with Crippen molar-refractivity contribution < 1.29 is 14.2 Å². The summed E-state index contributed by atoms with van der Waals surface area (Å²) < 4.78 is 17.6. The van der Waals surface area contributed by atoms with Gasteiger partial charge in [-0.15, -0.1) is 0 Å². The molecule has 1 fully saturated rings. The number of hydrogen-bond acceptors (Lipinski definition) is 3. The van der Waals surface area contributed by atoms with Crippen molar-refractivity contribution in [2.45, 2.75) is 31.8 Å². The zero-order valence-corrected chi connectivity index (χ0v) is 11.2. The minimum Gasteiger partial charge on any atom is -0.454 e. The van der Waals surface area contributed by atoms with Gasteiger partial charge in [0, 0.05) is 11.1 Å². The minimum atomic E-state index is 0.325. The lowest BCUT2D eigenvalue weighted by Crippen LogP contribution is -2.21. The third-order valence-corrected chi connectivity index (χ3v) is 4.00. The Hall–Kier alpha value is -0.740. The van der Waals surface area contributed by atoms with Gasteiger partial charge in [0.15, 0.2) is 11.5 Å². The minimum absolute atomic E-state index is 0.325. The van der Waals surface area contributed by atoms with Crippen LogP contribution in [0.1, 0.15) is 24.8 Å². The molecule has 2 heterocycles. The van der Waals surface area contributed by atoms with Crippen LogP contribution in [0.3, 0.4) is 0 Å². The summed E-state index contributed by atoms with van der Waals surface area (Å²) >= 11 is 3.59. The van der Waals surface area contributed by atoms with Crippen molar-refractivity contribution in [3.05, 3.63) is 22.2 Å². The highest BCUT2D eigenvalue weighted by atomic mass is 79.9. The molecule has 2 aliphatic rings. The Kier molecular flexibility index (Phi) is 3.25. The molecule has 0 aromatic heterocycles. The zero-order chi connectivity index (χ0) is 11.7. The van der Waals surface area contributed by atoms with Gasteiger partial charge in [0.2, 0.25) is 6.79 Å². The molecule has 92 valence electrons. The molecule has 0 aliphatic carbocycles. The van der Waals surface area contributed by atoms with E-state index in [9.17, 15) is 0 Å². The zero-order valence-electron chi connectivity index (χ0n) is 9.58. The molecule has 0 unspecified atom stereocenters. The number of fused-ring (bicyclic) bond motifs is 1. The van der Waals surface area contributed by atoms with E-state index in [2.05, 4.69) is 22.0 Å². The number of rotatable bonds is 2. The lowest BCUT2D eigenvalue weighted by Gasteiger charge is -2.23. The number of ether oxygens (including phenoxy) is 3. The molecule has 17 heavy (non-hydrogen) atoms. The van der Waals surface area contributed by atoms with Gasteiger partial charge in [-0.3, -0.25) is 0 Å². The van der Waals surface area contributed by atoms with Crippen LogP contribution >= 0.6 is 15.9 Å². The number of benzene rings is 1. The highest BCUT2D eigenvalue weighted by Gasteiger charge is 2.20.